The Kier molecular flexibility index (Phi) is 5.59. The van der Waals surface area contributed by atoms with Crippen molar-refractivity contribution in [1.29, 1.82) is 4.78 Å². The molecule has 0 spiro atoms. The first-order valence-corrected chi connectivity index (χ1v) is 12.5. The van der Waals surface area contributed by atoms with Gasteiger partial charge in [-0.1, -0.05) is 46.0 Å². The van der Waals surface area contributed by atoms with Crippen LogP contribution in [-0.2, 0) is 15.5 Å². The monoisotopic (exact) mass is 355 g/mol. The highest BCUT2D eigenvalue weighted by Gasteiger charge is 2.38. The second-order valence-corrected chi connectivity index (χ2v) is 15.7. The smallest absolute Gasteiger partial charge is 0.140 e. The summed E-state index contributed by atoms with van der Waals surface area (Å²) in [6, 6.07) is 7.62. The van der Waals surface area contributed by atoms with Gasteiger partial charge >= 0.3 is 0 Å². The SMILES string of the molecule is CN(C)C(C)(C)c1ccc(S(=N)(=O)N[Si](C)(C)C(C)(C)C)cc1. The van der Waals surface area contributed by atoms with E-state index in [2.05, 4.69) is 57.0 Å². The molecule has 1 rings (SSSR count). The van der Waals surface area contributed by atoms with Crippen molar-refractivity contribution in [2.24, 2.45) is 0 Å². The molecule has 0 aliphatic rings. The zero-order valence-electron chi connectivity index (χ0n) is 16.1. The van der Waals surface area contributed by atoms with Crippen LogP contribution in [0.25, 0.3) is 0 Å². The summed E-state index contributed by atoms with van der Waals surface area (Å²) in [5, 5.41) is 0.0313. The molecule has 1 aromatic carbocycles. The van der Waals surface area contributed by atoms with Gasteiger partial charge in [0.25, 0.3) is 0 Å². The summed E-state index contributed by atoms with van der Waals surface area (Å²) < 4.78 is 24.5. The Bertz CT molecular complexity index is 641. The zero-order chi connectivity index (χ0) is 18.3. The average molecular weight is 356 g/mol. The van der Waals surface area contributed by atoms with Gasteiger partial charge in [0.2, 0.25) is 0 Å². The third-order valence-corrected chi connectivity index (χ3v) is 13.2. The van der Waals surface area contributed by atoms with Crippen LogP contribution in [0.5, 0.6) is 0 Å². The van der Waals surface area contributed by atoms with E-state index in [0.717, 1.165) is 5.56 Å². The molecule has 0 bridgehead atoms. The molecule has 23 heavy (non-hydrogen) atoms. The van der Waals surface area contributed by atoms with Gasteiger partial charge in [-0.25, -0.2) is 13.4 Å². The van der Waals surface area contributed by atoms with Crippen LogP contribution in [0.4, 0.5) is 0 Å². The summed E-state index contributed by atoms with van der Waals surface area (Å²) in [5.74, 6) is 0. The van der Waals surface area contributed by atoms with Gasteiger partial charge in [-0.05, 0) is 50.7 Å². The topological polar surface area (TPSA) is 56.2 Å². The second-order valence-electron chi connectivity index (χ2n) is 8.51. The highest BCUT2D eigenvalue weighted by Crippen LogP contribution is 2.35. The highest BCUT2D eigenvalue weighted by atomic mass is 32.2. The van der Waals surface area contributed by atoms with E-state index < -0.39 is 18.2 Å². The van der Waals surface area contributed by atoms with Crippen molar-refractivity contribution >= 4 is 18.2 Å². The molecule has 0 aliphatic heterocycles. The first-order valence-electron chi connectivity index (χ1n) is 7.97. The molecule has 1 unspecified atom stereocenters. The van der Waals surface area contributed by atoms with Gasteiger partial charge in [0.15, 0.2) is 0 Å². The summed E-state index contributed by atoms with van der Waals surface area (Å²) >= 11 is 0. The van der Waals surface area contributed by atoms with E-state index in [0.29, 0.717) is 4.90 Å². The van der Waals surface area contributed by atoms with Crippen LogP contribution in [0.3, 0.4) is 0 Å². The number of nitrogens with one attached hydrogen (secondary N) is 2. The fraction of sp³-hybridized carbons (Fsp3) is 0.647. The van der Waals surface area contributed by atoms with Crippen LogP contribution < -0.4 is 4.39 Å². The van der Waals surface area contributed by atoms with Gasteiger partial charge in [-0.15, -0.1) is 0 Å². The molecule has 0 heterocycles. The Balaban J connectivity index is 3.13. The molecule has 0 saturated carbocycles. The quantitative estimate of drug-likeness (QED) is 0.769. The number of nitrogens with zero attached hydrogens (tertiary/aromatic N) is 1. The van der Waals surface area contributed by atoms with Crippen molar-refractivity contribution in [3.8, 4) is 0 Å². The van der Waals surface area contributed by atoms with Crippen molar-refractivity contribution in [2.45, 2.75) is 63.2 Å². The van der Waals surface area contributed by atoms with Crippen molar-refractivity contribution in [2.75, 3.05) is 14.1 Å². The molecular weight excluding hydrogens is 322 g/mol. The molecule has 0 fully saturated rings. The standard InChI is InChI=1S/C17H33N3OSSi/c1-16(2,3)23(8,9)19-22(18,21)15-12-10-14(11-13-15)17(4,5)20(6)7/h10-13H,1-9H3,(H2,18,19,21). The Labute approximate surface area is 143 Å². The van der Waals surface area contributed by atoms with Crippen molar-refractivity contribution in [3.63, 3.8) is 0 Å². The number of rotatable bonds is 5. The third-order valence-electron chi connectivity index (χ3n) is 5.28. The Hall–Kier alpha value is -0.693. The molecule has 132 valence electrons. The molecule has 0 saturated heterocycles. The largest absolute Gasteiger partial charge is 0.300 e. The normalized spacial score (nSPS) is 16.4. The van der Waals surface area contributed by atoms with E-state index in [4.69, 9.17) is 4.78 Å². The Morgan fingerprint density at radius 1 is 1.04 bits per heavy atom. The summed E-state index contributed by atoms with van der Waals surface area (Å²) in [6.45, 7) is 15.0. The minimum atomic E-state index is -2.99. The lowest BCUT2D eigenvalue weighted by Gasteiger charge is -2.37. The molecule has 0 amide bonds. The highest BCUT2D eigenvalue weighted by molar-refractivity contribution is 7.92. The lowest BCUT2D eigenvalue weighted by molar-refractivity contribution is 0.197. The van der Waals surface area contributed by atoms with E-state index in [1.807, 2.05) is 38.4 Å². The van der Waals surface area contributed by atoms with Gasteiger partial charge in [0.05, 0.1) is 4.90 Å². The minimum absolute atomic E-state index is 0.0313. The summed E-state index contributed by atoms with van der Waals surface area (Å²) in [5.41, 5.74) is 1.04. The lowest BCUT2D eigenvalue weighted by Crippen LogP contribution is -2.54. The lowest BCUT2D eigenvalue weighted by atomic mass is 9.93. The van der Waals surface area contributed by atoms with E-state index in [1.165, 1.54) is 0 Å². The minimum Gasteiger partial charge on any atom is -0.300 e. The van der Waals surface area contributed by atoms with Crippen LogP contribution in [0.15, 0.2) is 29.2 Å². The maximum atomic E-state index is 12.9. The summed E-state index contributed by atoms with van der Waals surface area (Å²) in [4.78, 5) is 2.70. The van der Waals surface area contributed by atoms with Gasteiger partial charge in [-0.2, -0.15) is 0 Å². The van der Waals surface area contributed by atoms with Crippen LogP contribution >= 0.6 is 0 Å². The Morgan fingerprint density at radius 3 is 1.83 bits per heavy atom. The first-order chi connectivity index (χ1) is 10.1. The maximum absolute atomic E-state index is 12.9. The predicted molar refractivity (Wildman–Crippen MR) is 103 cm³/mol. The zero-order valence-corrected chi connectivity index (χ0v) is 17.9. The molecule has 1 atom stereocenters. The van der Waals surface area contributed by atoms with Crippen molar-refractivity contribution in [3.05, 3.63) is 29.8 Å². The fourth-order valence-corrected chi connectivity index (χ4v) is 6.97. The van der Waals surface area contributed by atoms with Crippen LogP contribution in [0.1, 0.15) is 40.2 Å². The predicted octanol–water partition coefficient (Wildman–Crippen LogP) is 4.40. The molecule has 0 aliphatic carbocycles. The number of hydrogen-bond donors (Lipinski definition) is 2. The second kappa shape index (κ2) is 6.31. The van der Waals surface area contributed by atoms with E-state index in [9.17, 15) is 4.21 Å². The fourth-order valence-electron chi connectivity index (χ4n) is 1.88. The molecule has 0 radical (unpaired) electrons. The first kappa shape index (κ1) is 20.4. The number of benzene rings is 1. The number of hydrogen-bond acceptors (Lipinski definition) is 3. The Morgan fingerprint density at radius 2 is 1.48 bits per heavy atom. The molecule has 2 N–H and O–H groups in total. The molecular formula is C17H33N3OSSi. The van der Waals surface area contributed by atoms with Crippen LogP contribution in [0.2, 0.25) is 18.1 Å². The van der Waals surface area contributed by atoms with E-state index in [-0.39, 0.29) is 10.6 Å². The van der Waals surface area contributed by atoms with Crippen LogP contribution in [0, 0.1) is 4.78 Å². The molecule has 0 aromatic heterocycles. The third kappa shape index (κ3) is 4.44. The van der Waals surface area contributed by atoms with Gasteiger partial charge in [-0.3, -0.25) is 0 Å². The van der Waals surface area contributed by atoms with Gasteiger partial charge in [0, 0.05) is 5.54 Å². The van der Waals surface area contributed by atoms with Crippen molar-refractivity contribution < 1.29 is 4.21 Å². The summed E-state index contributed by atoms with van der Waals surface area (Å²) in [7, 11) is -0.913. The summed E-state index contributed by atoms with van der Waals surface area (Å²) in [6.07, 6.45) is 0. The van der Waals surface area contributed by atoms with Gasteiger partial charge < -0.3 is 4.90 Å². The average Bonchev–Trinajstić information content (AvgIpc) is 2.36. The van der Waals surface area contributed by atoms with Gasteiger partial charge in [0.1, 0.15) is 18.2 Å². The van der Waals surface area contributed by atoms with E-state index >= 15 is 0 Å². The maximum Gasteiger partial charge on any atom is 0.140 e. The molecule has 4 nitrogen and oxygen atoms in total. The van der Waals surface area contributed by atoms with E-state index in [1.54, 1.807) is 0 Å². The molecule has 6 heteroatoms. The molecule has 1 aromatic rings. The van der Waals surface area contributed by atoms with Crippen LogP contribution in [-0.4, -0.2) is 31.4 Å². The van der Waals surface area contributed by atoms with Crippen molar-refractivity contribution in [1.82, 2.24) is 9.29 Å².